The van der Waals surface area contributed by atoms with Gasteiger partial charge in [-0.2, -0.15) is 0 Å². The molecule has 0 saturated carbocycles. The Labute approximate surface area is 190 Å². The number of carbonyl (C=O) groups is 2. The minimum absolute atomic E-state index is 0.00900. The number of rotatable bonds is 6. The first-order valence-corrected chi connectivity index (χ1v) is 10.5. The first-order valence-electron chi connectivity index (χ1n) is 10.5. The minimum atomic E-state index is -0.844. The SMILES string of the molecule is O=C(OCC1(COC(=O)c2cccnc2)c2ccccc2-c2ccccc21)c1cccnc1. The molecule has 0 aliphatic heterocycles. The van der Waals surface area contributed by atoms with Crippen LogP contribution in [0.1, 0.15) is 31.8 Å². The fourth-order valence-corrected chi connectivity index (χ4v) is 4.28. The van der Waals surface area contributed by atoms with Crippen molar-refractivity contribution in [1.82, 2.24) is 9.97 Å². The number of nitrogens with zero attached hydrogens (tertiary/aromatic N) is 2. The number of pyridine rings is 2. The molecule has 33 heavy (non-hydrogen) atoms. The lowest BCUT2D eigenvalue weighted by atomic mass is 9.79. The van der Waals surface area contributed by atoms with Crippen molar-refractivity contribution in [3.8, 4) is 11.1 Å². The van der Waals surface area contributed by atoms with Crippen LogP contribution >= 0.6 is 0 Å². The van der Waals surface area contributed by atoms with Gasteiger partial charge in [-0.3, -0.25) is 9.97 Å². The minimum Gasteiger partial charge on any atom is -0.461 e. The van der Waals surface area contributed by atoms with Crippen LogP contribution in [0, 0.1) is 0 Å². The summed E-state index contributed by atoms with van der Waals surface area (Å²) < 4.78 is 11.6. The number of fused-ring (bicyclic) bond motifs is 3. The standard InChI is InChI=1S/C27H20N2O4/c30-25(19-7-5-13-28-15-19)32-17-27(18-33-26(31)20-8-6-14-29-16-20)23-11-3-1-9-21(23)22-10-2-4-12-24(22)27/h1-16H,17-18H2. The maximum atomic E-state index is 12.7. The van der Waals surface area contributed by atoms with Crippen molar-refractivity contribution < 1.29 is 19.1 Å². The Morgan fingerprint density at radius 3 is 1.52 bits per heavy atom. The lowest BCUT2D eigenvalue weighted by Gasteiger charge is -2.31. The monoisotopic (exact) mass is 436 g/mol. The van der Waals surface area contributed by atoms with Crippen molar-refractivity contribution in [3.63, 3.8) is 0 Å². The summed E-state index contributed by atoms with van der Waals surface area (Å²) in [7, 11) is 0. The first-order chi connectivity index (χ1) is 16.2. The van der Waals surface area contributed by atoms with Crippen LogP contribution in [-0.4, -0.2) is 35.1 Å². The zero-order chi connectivity index (χ0) is 22.7. The number of aromatic nitrogens is 2. The van der Waals surface area contributed by atoms with Crippen LogP contribution in [-0.2, 0) is 14.9 Å². The van der Waals surface area contributed by atoms with E-state index in [2.05, 4.69) is 9.97 Å². The van der Waals surface area contributed by atoms with Crippen LogP contribution in [0.5, 0.6) is 0 Å². The van der Waals surface area contributed by atoms with Gasteiger partial charge in [-0.15, -0.1) is 0 Å². The molecule has 162 valence electrons. The van der Waals surface area contributed by atoms with E-state index in [4.69, 9.17) is 9.47 Å². The van der Waals surface area contributed by atoms with Gasteiger partial charge in [0.2, 0.25) is 0 Å². The molecule has 6 nitrogen and oxygen atoms in total. The van der Waals surface area contributed by atoms with E-state index in [0.29, 0.717) is 11.1 Å². The Morgan fingerprint density at radius 1 is 0.636 bits per heavy atom. The molecular formula is C27H20N2O4. The Kier molecular flexibility index (Phi) is 5.40. The van der Waals surface area contributed by atoms with Crippen molar-refractivity contribution in [2.75, 3.05) is 13.2 Å². The zero-order valence-corrected chi connectivity index (χ0v) is 17.7. The van der Waals surface area contributed by atoms with Gasteiger partial charge < -0.3 is 9.47 Å². The molecule has 5 rings (SSSR count). The highest BCUT2D eigenvalue weighted by Gasteiger charge is 2.45. The van der Waals surface area contributed by atoms with Crippen molar-refractivity contribution in [3.05, 3.63) is 120 Å². The quantitative estimate of drug-likeness (QED) is 0.416. The van der Waals surface area contributed by atoms with Crippen LogP contribution in [0.3, 0.4) is 0 Å². The van der Waals surface area contributed by atoms with E-state index < -0.39 is 17.4 Å². The summed E-state index contributed by atoms with van der Waals surface area (Å²) >= 11 is 0. The van der Waals surface area contributed by atoms with Crippen LogP contribution in [0.4, 0.5) is 0 Å². The number of carbonyl (C=O) groups excluding carboxylic acids is 2. The molecule has 0 bridgehead atoms. The largest absolute Gasteiger partial charge is 0.461 e. The van der Waals surface area contributed by atoms with Crippen LogP contribution in [0.2, 0.25) is 0 Å². The lowest BCUT2D eigenvalue weighted by Crippen LogP contribution is -2.38. The van der Waals surface area contributed by atoms with Gasteiger partial charge in [-0.1, -0.05) is 48.5 Å². The smallest absolute Gasteiger partial charge is 0.339 e. The van der Waals surface area contributed by atoms with Gasteiger partial charge in [-0.25, -0.2) is 9.59 Å². The predicted molar refractivity (Wildman–Crippen MR) is 122 cm³/mol. The second-order valence-corrected chi connectivity index (χ2v) is 7.81. The summed E-state index contributed by atoms with van der Waals surface area (Å²) in [6.07, 6.45) is 6.13. The third-order valence-corrected chi connectivity index (χ3v) is 5.87. The molecule has 1 aliphatic carbocycles. The van der Waals surface area contributed by atoms with E-state index in [1.807, 2.05) is 48.5 Å². The molecule has 2 heterocycles. The molecule has 0 spiro atoms. The van der Waals surface area contributed by atoms with Crippen molar-refractivity contribution in [2.45, 2.75) is 5.41 Å². The van der Waals surface area contributed by atoms with E-state index in [1.165, 1.54) is 12.4 Å². The molecule has 0 N–H and O–H groups in total. The molecule has 0 unspecified atom stereocenters. The van der Waals surface area contributed by atoms with Gasteiger partial charge in [0.05, 0.1) is 16.5 Å². The van der Waals surface area contributed by atoms with Crippen LogP contribution in [0.25, 0.3) is 11.1 Å². The van der Waals surface area contributed by atoms with Crippen molar-refractivity contribution in [2.24, 2.45) is 0 Å². The molecule has 2 aromatic carbocycles. The third-order valence-electron chi connectivity index (χ3n) is 5.87. The number of hydrogen-bond donors (Lipinski definition) is 0. The average Bonchev–Trinajstić information content (AvgIpc) is 3.17. The van der Waals surface area contributed by atoms with Gasteiger partial charge in [0, 0.05) is 24.8 Å². The fraction of sp³-hybridized carbons (Fsp3) is 0.111. The summed E-state index contributed by atoms with van der Waals surface area (Å²) in [6.45, 7) is 0.0180. The topological polar surface area (TPSA) is 78.4 Å². The molecular weight excluding hydrogens is 416 g/mol. The first kappa shape index (κ1) is 20.6. The second kappa shape index (κ2) is 8.67. The molecule has 6 heteroatoms. The average molecular weight is 436 g/mol. The molecule has 0 saturated heterocycles. The number of ether oxygens (including phenoxy) is 2. The molecule has 4 aromatic rings. The maximum absolute atomic E-state index is 12.7. The van der Waals surface area contributed by atoms with Crippen LogP contribution < -0.4 is 0 Å². The molecule has 1 aliphatic rings. The van der Waals surface area contributed by atoms with Gasteiger partial charge in [0.15, 0.2) is 0 Å². The van der Waals surface area contributed by atoms with Crippen LogP contribution in [0.15, 0.2) is 97.6 Å². The summed E-state index contributed by atoms with van der Waals surface area (Å²) in [5, 5.41) is 0. The Balaban J connectivity index is 1.51. The normalized spacial score (nSPS) is 13.0. The molecule has 0 amide bonds. The highest BCUT2D eigenvalue weighted by atomic mass is 16.5. The van der Waals surface area contributed by atoms with Gasteiger partial charge in [0.25, 0.3) is 0 Å². The highest BCUT2D eigenvalue weighted by molar-refractivity contribution is 5.90. The summed E-state index contributed by atoms with van der Waals surface area (Å²) in [5.41, 5.74) is 3.83. The van der Waals surface area contributed by atoms with Gasteiger partial charge in [0.1, 0.15) is 13.2 Å². The van der Waals surface area contributed by atoms with E-state index in [1.54, 1.807) is 36.7 Å². The van der Waals surface area contributed by atoms with Crippen molar-refractivity contribution >= 4 is 11.9 Å². The van der Waals surface area contributed by atoms with Crippen molar-refractivity contribution in [1.29, 1.82) is 0 Å². The molecule has 0 atom stereocenters. The number of hydrogen-bond acceptors (Lipinski definition) is 6. The summed E-state index contributed by atoms with van der Waals surface area (Å²) in [6, 6.07) is 22.5. The maximum Gasteiger partial charge on any atom is 0.339 e. The fourth-order valence-electron chi connectivity index (χ4n) is 4.28. The van der Waals surface area contributed by atoms with E-state index >= 15 is 0 Å². The van der Waals surface area contributed by atoms with E-state index in [9.17, 15) is 9.59 Å². The van der Waals surface area contributed by atoms with E-state index in [0.717, 1.165) is 22.3 Å². The zero-order valence-electron chi connectivity index (χ0n) is 17.7. The molecule has 2 aromatic heterocycles. The molecule has 0 fully saturated rings. The highest BCUT2D eigenvalue weighted by Crippen LogP contribution is 2.49. The predicted octanol–water partition coefficient (Wildman–Crippen LogP) is 4.46. The van der Waals surface area contributed by atoms with E-state index in [-0.39, 0.29) is 13.2 Å². The number of esters is 2. The second-order valence-electron chi connectivity index (χ2n) is 7.81. The van der Waals surface area contributed by atoms with Gasteiger partial charge in [-0.05, 0) is 46.5 Å². The summed E-state index contributed by atoms with van der Waals surface area (Å²) in [5.74, 6) is -0.967. The Bertz CT molecular complexity index is 1200. The summed E-state index contributed by atoms with van der Waals surface area (Å²) in [4.78, 5) is 33.5. The third kappa shape index (κ3) is 3.76. The van der Waals surface area contributed by atoms with Gasteiger partial charge >= 0.3 is 11.9 Å². The Morgan fingerprint density at radius 2 is 1.09 bits per heavy atom. The molecule has 0 radical (unpaired) electrons. The lowest BCUT2D eigenvalue weighted by molar-refractivity contribution is 0.0247. The number of benzene rings is 2. The Hall–Kier alpha value is -4.32.